The molecule has 2 aromatic carbocycles. The van der Waals surface area contributed by atoms with Crippen molar-refractivity contribution in [3.63, 3.8) is 0 Å². The number of hydrogen-bond acceptors (Lipinski definition) is 7. The van der Waals surface area contributed by atoms with Crippen LogP contribution < -0.4 is 10.6 Å². The number of carboxylic acid groups (broad SMARTS) is 1. The summed E-state index contributed by atoms with van der Waals surface area (Å²) in [6.07, 6.45) is -3.06. The molecule has 2 aromatic rings. The van der Waals surface area contributed by atoms with Crippen LogP contribution in [0.25, 0.3) is 0 Å². The summed E-state index contributed by atoms with van der Waals surface area (Å²) in [5.74, 6) is -3.14. The lowest BCUT2D eigenvalue weighted by Gasteiger charge is -2.34. The van der Waals surface area contributed by atoms with Crippen LogP contribution in [-0.4, -0.2) is 56.9 Å². The molecule has 1 aliphatic heterocycles. The van der Waals surface area contributed by atoms with Gasteiger partial charge < -0.3 is 19.5 Å². The molecule has 0 bridgehead atoms. The number of carbonyl (C=O) groups is 3. The number of benzene rings is 2. The van der Waals surface area contributed by atoms with E-state index in [0.717, 1.165) is 0 Å². The summed E-state index contributed by atoms with van der Waals surface area (Å²) in [6, 6.07) is 15.8. The van der Waals surface area contributed by atoms with Gasteiger partial charge in [0.15, 0.2) is 0 Å². The minimum absolute atomic E-state index is 0.174. The molecule has 0 spiro atoms. The lowest BCUT2D eigenvalue weighted by molar-refractivity contribution is -0.163. The molecule has 3 rings (SSSR count). The molecule has 33 heavy (non-hydrogen) atoms. The maximum Gasteiger partial charge on any atom is 0.411 e. The summed E-state index contributed by atoms with van der Waals surface area (Å²) in [4.78, 5) is 39.3. The zero-order chi connectivity index (χ0) is 24.4. The summed E-state index contributed by atoms with van der Waals surface area (Å²) in [6.45, 7) is 4.28. The van der Waals surface area contributed by atoms with Gasteiger partial charge in [0.25, 0.3) is 0 Å². The van der Waals surface area contributed by atoms with Crippen molar-refractivity contribution in [3.05, 3.63) is 60.7 Å². The molecule has 1 saturated heterocycles. The molecule has 0 radical (unpaired) electrons. The number of likely N-dealkylation sites (tertiary alicyclic amines) is 1. The molecular weight excluding hydrogens is 449 g/mol. The maximum absolute atomic E-state index is 14.1. The molecule has 1 aliphatic rings. The first-order valence-corrected chi connectivity index (χ1v) is 11.9. The van der Waals surface area contributed by atoms with Crippen molar-refractivity contribution in [1.29, 1.82) is 0 Å². The Balaban J connectivity index is 2.08. The van der Waals surface area contributed by atoms with E-state index in [1.165, 1.54) is 24.3 Å². The number of aliphatic hydroxyl groups is 1. The van der Waals surface area contributed by atoms with Gasteiger partial charge in [0.05, 0.1) is 23.3 Å². The average Bonchev–Trinajstić information content (AvgIpc) is 3.12. The second-order valence-electron chi connectivity index (χ2n) is 8.72. The fourth-order valence-electron chi connectivity index (χ4n) is 3.61. The van der Waals surface area contributed by atoms with Gasteiger partial charge in [0, 0.05) is 6.42 Å². The van der Waals surface area contributed by atoms with Crippen molar-refractivity contribution in [2.45, 2.75) is 44.4 Å². The van der Waals surface area contributed by atoms with Gasteiger partial charge in [-0.3, -0.25) is 9.46 Å². The van der Waals surface area contributed by atoms with E-state index in [1.807, 2.05) is 0 Å². The van der Waals surface area contributed by atoms with Crippen molar-refractivity contribution in [2.75, 3.05) is 6.54 Å². The van der Waals surface area contributed by atoms with E-state index in [4.69, 9.17) is 9.26 Å². The topological polar surface area (TPSA) is 130 Å². The Morgan fingerprint density at radius 1 is 1.00 bits per heavy atom. The lowest BCUT2D eigenvalue weighted by Crippen LogP contribution is -2.60. The standard InChI is InChI=1S/C23H26NO8P/c1-22(2,3)31-21(29)24-15-16(25)14-23(24,19(26)27)20(28)32-33(30,17-10-6-4-7-11-17)18-12-8-5-9-13-18/h4-13,16,25H,14-15H2,1-3H3,(H,26,27)/t16-,23+/m1/s1. The molecule has 1 heterocycles. The minimum atomic E-state index is -4.11. The Morgan fingerprint density at radius 2 is 1.48 bits per heavy atom. The first-order chi connectivity index (χ1) is 15.4. The van der Waals surface area contributed by atoms with Crippen molar-refractivity contribution in [1.82, 2.24) is 4.90 Å². The number of hydrogen-bond donors (Lipinski definition) is 2. The second kappa shape index (κ2) is 9.00. The number of aliphatic hydroxyl groups excluding tert-OH is 1. The van der Waals surface area contributed by atoms with Gasteiger partial charge in [-0.05, 0) is 45.0 Å². The molecule has 0 aromatic heterocycles. The van der Waals surface area contributed by atoms with E-state index in [9.17, 15) is 29.2 Å². The predicted molar refractivity (Wildman–Crippen MR) is 120 cm³/mol. The quantitative estimate of drug-likeness (QED) is 0.498. The SMILES string of the molecule is CC(C)(C)OC(=O)N1C[C@H](O)C[C@]1(C(=O)O)C(=O)OP(=O)(c1ccccc1)c1ccccc1. The average molecular weight is 475 g/mol. The lowest BCUT2D eigenvalue weighted by atomic mass is 9.96. The third kappa shape index (κ3) is 4.79. The Labute approximate surface area is 191 Å². The Kier molecular flexibility index (Phi) is 6.68. The number of amides is 1. The highest BCUT2D eigenvalue weighted by atomic mass is 31.2. The van der Waals surface area contributed by atoms with Crippen LogP contribution in [0.1, 0.15) is 27.2 Å². The summed E-state index contributed by atoms with van der Waals surface area (Å²) in [5, 5.41) is 20.6. The molecule has 176 valence electrons. The van der Waals surface area contributed by atoms with Crippen LogP contribution in [0.15, 0.2) is 60.7 Å². The zero-order valence-electron chi connectivity index (χ0n) is 18.5. The smallest absolute Gasteiger partial charge is 0.411 e. The first-order valence-electron chi connectivity index (χ1n) is 10.3. The first kappa shape index (κ1) is 24.5. The third-order valence-electron chi connectivity index (χ3n) is 5.09. The van der Waals surface area contributed by atoms with Gasteiger partial charge in [-0.2, -0.15) is 0 Å². The fraction of sp³-hybridized carbons (Fsp3) is 0.348. The Morgan fingerprint density at radius 3 is 1.91 bits per heavy atom. The molecule has 0 aliphatic carbocycles. The van der Waals surface area contributed by atoms with E-state index in [-0.39, 0.29) is 10.6 Å². The zero-order valence-corrected chi connectivity index (χ0v) is 19.4. The van der Waals surface area contributed by atoms with Crippen molar-refractivity contribution >= 4 is 36.0 Å². The van der Waals surface area contributed by atoms with E-state index in [1.54, 1.807) is 57.2 Å². The summed E-state index contributed by atoms with van der Waals surface area (Å²) in [7, 11) is -4.11. The third-order valence-corrected chi connectivity index (χ3v) is 7.47. The predicted octanol–water partition coefficient (Wildman–Crippen LogP) is 2.28. The largest absolute Gasteiger partial charge is 0.479 e. The molecule has 10 heteroatoms. The molecule has 2 N–H and O–H groups in total. The highest BCUT2D eigenvalue weighted by molar-refractivity contribution is 7.74. The van der Waals surface area contributed by atoms with Crippen LogP contribution >= 0.6 is 7.37 Å². The maximum atomic E-state index is 14.1. The normalized spacial score (nSPS) is 20.8. The number of aliphatic carboxylic acids is 1. The van der Waals surface area contributed by atoms with Crippen molar-refractivity contribution in [3.8, 4) is 0 Å². The molecule has 1 fully saturated rings. The molecule has 2 atom stereocenters. The van der Waals surface area contributed by atoms with E-state index in [0.29, 0.717) is 4.90 Å². The molecule has 9 nitrogen and oxygen atoms in total. The number of carboxylic acids is 1. The van der Waals surface area contributed by atoms with Crippen LogP contribution in [0, 0.1) is 0 Å². The molecule has 0 saturated carbocycles. The van der Waals surface area contributed by atoms with E-state index in [2.05, 4.69) is 0 Å². The van der Waals surface area contributed by atoms with Gasteiger partial charge in [-0.15, -0.1) is 0 Å². The van der Waals surface area contributed by atoms with Crippen LogP contribution in [0.4, 0.5) is 4.79 Å². The van der Waals surface area contributed by atoms with Crippen LogP contribution in [0.3, 0.4) is 0 Å². The van der Waals surface area contributed by atoms with Gasteiger partial charge in [0.1, 0.15) is 5.60 Å². The number of ether oxygens (including phenoxy) is 1. The van der Waals surface area contributed by atoms with E-state index < -0.39 is 55.6 Å². The molecule has 0 unspecified atom stereocenters. The number of β-amino-alcohol motifs (C(OH)–C–C–N with tert-alkyl or cyclic N) is 1. The molecule has 1 amide bonds. The van der Waals surface area contributed by atoms with Crippen LogP contribution in [0.5, 0.6) is 0 Å². The van der Waals surface area contributed by atoms with Crippen LogP contribution in [-0.2, 0) is 23.4 Å². The number of rotatable bonds is 5. The summed E-state index contributed by atoms with van der Waals surface area (Å²) >= 11 is 0. The molecular formula is C23H26NO8P. The number of nitrogens with zero attached hydrogens (tertiary/aromatic N) is 1. The highest BCUT2D eigenvalue weighted by Crippen LogP contribution is 2.47. The van der Waals surface area contributed by atoms with Crippen molar-refractivity contribution < 1.29 is 38.4 Å². The van der Waals surface area contributed by atoms with Gasteiger partial charge in [-0.1, -0.05) is 36.4 Å². The summed E-state index contributed by atoms with van der Waals surface area (Å²) in [5.41, 5.74) is -3.59. The number of carbonyl (C=O) groups excluding carboxylic acids is 2. The highest BCUT2D eigenvalue weighted by Gasteiger charge is 2.62. The van der Waals surface area contributed by atoms with E-state index >= 15 is 0 Å². The van der Waals surface area contributed by atoms with Gasteiger partial charge in [0.2, 0.25) is 5.54 Å². The Bertz CT molecular complexity index is 1040. The van der Waals surface area contributed by atoms with Gasteiger partial charge >= 0.3 is 25.4 Å². The minimum Gasteiger partial charge on any atom is -0.479 e. The fourth-order valence-corrected chi connectivity index (χ4v) is 5.63. The van der Waals surface area contributed by atoms with Crippen molar-refractivity contribution in [2.24, 2.45) is 0 Å². The second-order valence-corrected chi connectivity index (χ2v) is 11.0. The Hall–Kier alpha value is -3.16. The summed E-state index contributed by atoms with van der Waals surface area (Å²) < 4.78 is 24.9. The monoisotopic (exact) mass is 475 g/mol. The van der Waals surface area contributed by atoms with Gasteiger partial charge in [-0.25, -0.2) is 14.4 Å². The van der Waals surface area contributed by atoms with Crippen LogP contribution in [0.2, 0.25) is 0 Å².